The van der Waals surface area contributed by atoms with E-state index in [4.69, 9.17) is 9.84 Å². The Morgan fingerprint density at radius 2 is 2.05 bits per heavy atom. The zero-order valence-corrected chi connectivity index (χ0v) is 14.0. The molecule has 0 atom stereocenters. The summed E-state index contributed by atoms with van der Waals surface area (Å²) in [5, 5.41) is 8.88. The van der Waals surface area contributed by atoms with Crippen LogP contribution < -0.4 is 0 Å². The van der Waals surface area contributed by atoms with Gasteiger partial charge >= 0.3 is 5.97 Å². The smallest absolute Gasteiger partial charge is 0.338 e. The van der Waals surface area contributed by atoms with Crippen LogP contribution in [0.4, 0.5) is 4.39 Å². The molecule has 0 aliphatic carbocycles. The van der Waals surface area contributed by atoms with Gasteiger partial charge in [-0.15, -0.1) is 0 Å². The highest BCUT2D eigenvalue weighted by Gasteiger charge is 2.25. The Kier molecular flexibility index (Phi) is 6.30. The lowest BCUT2D eigenvalue weighted by Crippen LogP contribution is -2.17. The van der Waals surface area contributed by atoms with Gasteiger partial charge in [0.2, 0.25) is 0 Å². The number of hydrogen-bond donors (Lipinski definition) is 1. The van der Waals surface area contributed by atoms with Crippen molar-refractivity contribution in [1.29, 1.82) is 0 Å². The van der Waals surface area contributed by atoms with Crippen LogP contribution in [-0.4, -0.2) is 38.5 Å². The molecule has 0 spiro atoms. The third-order valence-corrected chi connectivity index (χ3v) is 4.65. The van der Waals surface area contributed by atoms with Crippen LogP contribution in [-0.2, 0) is 14.6 Å². The minimum atomic E-state index is -3.96. The first-order chi connectivity index (χ1) is 9.65. The van der Waals surface area contributed by atoms with Crippen LogP contribution in [0.2, 0.25) is 0 Å². The summed E-state index contributed by atoms with van der Waals surface area (Å²) in [6.07, 6.45) is 0. The number of rotatable bonds is 7. The van der Waals surface area contributed by atoms with Crippen molar-refractivity contribution in [1.82, 2.24) is 0 Å². The SMILES string of the molecule is CC(C)COCCS(=O)(=O)c1cc(Br)cc(C(=O)O)c1F. The van der Waals surface area contributed by atoms with E-state index in [0.29, 0.717) is 6.61 Å². The largest absolute Gasteiger partial charge is 0.478 e. The molecule has 1 aromatic carbocycles. The van der Waals surface area contributed by atoms with Gasteiger partial charge in [0.15, 0.2) is 15.7 Å². The van der Waals surface area contributed by atoms with E-state index < -0.39 is 37.8 Å². The Morgan fingerprint density at radius 1 is 1.43 bits per heavy atom. The van der Waals surface area contributed by atoms with Crippen LogP contribution in [0.5, 0.6) is 0 Å². The number of ether oxygens (including phenoxy) is 1. The Morgan fingerprint density at radius 3 is 2.57 bits per heavy atom. The van der Waals surface area contributed by atoms with Gasteiger partial charge < -0.3 is 9.84 Å². The predicted octanol–water partition coefficient (Wildman–Crippen LogP) is 2.73. The molecule has 0 heterocycles. The van der Waals surface area contributed by atoms with Gasteiger partial charge in [-0.25, -0.2) is 17.6 Å². The molecule has 0 amide bonds. The second-order valence-electron chi connectivity index (χ2n) is 4.86. The number of halogens is 2. The number of aromatic carboxylic acids is 1. The van der Waals surface area contributed by atoms with Crippen molar-refractivity contribution in [2.45, 2.75) is 18.7 Å². The minimum Gasteiger partial charge on any atom is -0.478 e. The van der Waals surface area contributed by atoms with Gasteiger partial charge in [-0.2, -0.15) is 0 Å². The number of sulfone groups is 1. The van der Waals surface area contributed by atoms with Crippen molar-refractivity contribution in [3.63, 3.8) is 0 Å². The van der Waals surface area contributed by atoms with Gasteiger partial charge in [0.25, 0.3) is 0 Å². The Balaban J connectivity index is 3.00. The number of hydrogen-bond acceptors (Lipinski definition) is 4. The topological polar surface area (TPSA) is 80.7 Å². The normalized spacial score (nSPS) is 11.9. The van der Waals surface area contributed by atoms with E-state index >= 15 is 0 Å². The molecule has 0 bridgehead atoms. The van der Waals surface area contributed by atoms with Crippen LogP contribution in [0, 0.1) is 11.7 Å². The van der Waals surface area contributed by atoms with Crippen molar-refractivity contribution in [2.24, 2.45) is 5.92 Å². The Bertz CT molecular complexity index is 628. The fourth-order valence-corrected chi connectivity index (χ4v) is 3.40. The maximum absolute atomic E-state index is 14.0. The van der Waals surface area contributed by atoms with E-state index in [1.807, 2.05) is 13.8 Å². The fraction of sp³-hybridized carbons (Fsp3) is 0.462. The van der Waals surface area contributed by atoms with Crippen LogP contribution in [0.3, 0.4) is 0 Å². The van der Waals surface area contributed by atoms with E-state index in [2.05, 4.69) is 15.9 Å². The van der Waals surface area contributed by atoms with Gasteiger partial charge in [0, 0.05) is 11.1 Å². The van der Waals surface area contributed by atoms with Crippen molar-refractivity contribution in [2.75, 3.05) is 19.0 Å². The van der Waals surface area contributed by atoms with E-state index in [-0.39, 0.29) is 17.0 Å². The van der Waals surface area contributed by atoms with E-state index in [1.165, 1.54) is 0 Å². The molecule has 1 rings (SSSR count). The van der Waals surface area contributed by atoms with E-state index in [9.17, 15) is 17.6 Å². The molecule has 0 aromatic heterocycles. The summed E-state index contributed by atoms with van der Waals surface area (Å²) in [5.41, 5.74) is -0.689. The molecule has 5 nitrogen and oxygen atoms in total. The van der Waals surface area contributed by atoms with Gasteiger partial charge in [-0.05, 0) is 18.1 Å². The third-order valence-electron chi connectivity index (χ3n) is 2.52. The standard InChI is InChI=1S/C13H16BrFO5S/c1-8(2)7-20-3-4-21(18,19)11-6-9(14)5-10(12(11)15)13(16)17/h5-6,8H,3-4,7H2,1-2H3,(H,16,17). The molecule has 0 aliphatic heterocycles. The first-order valence-corrected chi connectivity index (χ1v) is 8.62. The first-order valence-electron chi connectivity index (χ1n) is 6.18. The minimum absolute atomic E-state index is 0.0745. The monoisotopic (exact) mass is 382 g/mol. The summed E-state index contributed by atoms with van der Waals surface area (Å²) in [4.78, 5) is 10.3. The third kappa shape index (κ3) is 5.05. The summed E-state index contributed by atoms with van der Waals surface area (Å²) in [6.45, 7) is 4.16. The zero-order chi connectivity index (χ0) is 16.2. The summed E-state index contributed by atoms with van der Waals surface area (Å²) in [6, 6.07) is 2.07. The van der Waals surface area contributed by atoms with Crippen LogP contribution in [0.1, 0.15) is 24.2 Å². The Labute approximate surface area is 131 Å². The molecule has 0 fully saturated rings. The van der Waals surface area contributed by atoms with Gasteiger partial charge in [-0.3, -0.25) is 0 Å². The average Bonchev–Trinajstić information content (AvgIpc) is 2.36. The molecule has 8 heteroatoms. The summed E-state index contributed by atoms with van der Waals surface area (Å²) in [7, 11) is -3.96. The van der Waals surface area contributed by atoms with Crippen LogP contribution >= 0.6 is 15.9 Å². The lowest BCUT2D eigenvalue weighted by Gasteiger charge is -2.10. The van der Waals surface area contributed by atoms with Gasteiger partial charge in [0.05, 0.1) is 17.9 Å². The number of benzene rings is 1. The predicted molar refractivity (Wildman–Crippen MR) is 78.8 cm³/mol. The molecule has 118 valence electrons. The molecule has 1 aromatic rings. The zero-order valence-electron chi connectivity index (χ0n) is 11.6. The lowest BCUT2D eigenvalue weighted by molar-refractivity contribution is 0.0691. The van der Waals surface area contributed by atoms with Crippen molar-refractivity contribution >= 4 is 31.7 Å². The van der Waals surface area contributed by atoms with Crippen molar-refractivity contribution in [3.05, 3.63) is 28.0 Å². The molecule has 0 radical (unpaired) electrons. The Hall–Kier alpha value is -0.990. The van der Waals surface area contributed by atoms with E-state index in [1.54, 1.807) is 0 Å². The average molecular weight is 383 g/mol. The second kappa shape index (κ2) is 7.33. The van der Waals surface area contributed by atoms with E-state index in [0.717, 1.165) is 12.1 Å². The molecular formula is C13H16BrFO5S. The van der Waals surface area contributed by atoms with Crippen molar-refractivity contribution in [3.8, 4) is 0 Å². The molecule has 0 saturated heterocycles. The second-order valence-corrected chi connectivity index (χ2v) is 7.85. The summed E-state index contributed by atoms with van der Waals surface area (Å²) >= 11 is 2.98. The summed E-state index contributed by atoms with van der Waals surface area (Å²) < 4.78 is 43.6. The highest BCUT2D eigenvalue weighted by Crippen LogP contribution is 2.25. The molecular weight excluding hydrogens is 367 g/mol. The molecule has 1 N–H and O–H groups in total. The molecule has 21 heavy (non-hydrogen) atoms. The first kappa shape index (κ1) is 18.1. The van der Waals surface area contributed by atoms with Crippen LogP contribution in [0.15, 0.2) is 21.5 Å². The van der Waals surface area contributed by atoms with Crippen LogP contribution in [0.25, 0.3) is 0 Å². The summed E-state index contributed by atoms with van der Waals surface area (Å²) in [5.74, 6) is -2.93. The molecule has 0 unspecified atom stereocenters. The lowest BCUT2D eigenvalue weighted by atomic mass is 10.2. The quantitative estimate of drug-likeness (QED) is 0.733. The number of carbonyl (C=O) groups is 1. The van der Waals surface area contributed by atoms with Crippen molar-refractivity contribution < 1.29 is 27.4 Å². The molecule has 0 saturated carbocycles. The number of carboxylic acid groups (broad SMARTS) is 1. The van der Waals surface area contributed by atoms with Gasteiger partial charge in [0.1, 0.15) is 4.90 Å². The molecule has 0 aliphatic rings. The highest BCUT2D eigenvalue weighted by molar-refractivity contribution is 9.10. The maximum Gasteiger partial charge on any atom is 0.338 e. The fourth-order valence-electron chi connectivity index (χ4n) is 1.54. The number of carboxylic acids is 1. The highest BCUT2D eigenvalue weighted by atomic mass is 79.9. The maximum atomic E-state index is 14.0. The van der Waals surface area contributed by atoms with Gasteiger partial charge in [-0.1, -0.05) is 29.8 Å².